The van der Waals surface area contributed by atoms with Crippen LogP contribution in [0, 0.1) is 5.92 Å². The van der Waals surface area contributed by atoms with E-state index in [-0.39, 0.29) is 11.9 Å². The molecule has 1 unspecified atom stereocenters. The van der Waals surface area contributed by atoms with Gasteiger partial charge in [-0.25, -0.2) is 4.68 Å². The summed E-state index contributed by atoms with van der Waals surface area (Å²) in [7, 11) is 0. The first-order valence-electron chi connectivity index (χ1n) is 9.06. The first kappa shape index (κ1) is 16.6. The Morgan fingerprint density at radius 2 is 1.96 bits per heavy atom. The maximum Gasteiger partial charge on any atom is 0.230 e. The van der Waals surface area contributed by atoms with E-state index in [1.807, 2.05) is 22.9 Å². The van der Waals surface area contributed by atoms with Crippen molar-refractivity contribution in [3.05, 3.63) is 35.9 Å². The largest absolute Gasteiger partial charge is 0.348 e. The molecule has 132 valence electrons. The first-order valence-corrected chi connectivity index (χ1v) is 10.0. The fourth-order valence-corrected chi connectivity index (χ4v) is 4.32. The highest BCUT2D eigenvalue weighted by Gasteiger charge is 2.33. The minimum absolute atomic E-state index is 0.0479. The van der Waals surface area contributed by atoms with Gasteiger partial charge in [-0.2, -0.15) is 0 Å². The lowest BCUT2D eigenvalue weighted by Gasteiger charge is -2.18. The Kier molecular flexibility index (Phi) is 5.01. The number of hydrogen-bond acceptors (Lipinski definition) is 5. The van der Waals surface area contributed by atoms with Crippen LogP contribution in [0.5, 0.6) is 0 Å². The van der Waals surface area contributed by atoms with E-state index in [1.165, 1.54) is 43.0 Å². The van der Waals surface area contributed by atoms with E-state index >= 15 is 0 Å². The summed E-state index contributed by atoms with van der Waals surface area (Å²) < 4.78 is 1.90. The lowest BCUT2D eigenvalue weighted by molar-refractivity contribution is -0.119. The molecule has 25 heavy (non-hydrogen) atoms. The van der Waals surface area contributed by atoms with E-state index in [0.29, 0.717) is 17.7 Å². The molecule has 2 fully saturated rings. The van der Waals surface area contributed by atoms with Gasteiger partial charge in [0.25, 0.3) is 0 Å². The normalized spacial score (nSPS) is 19.0. The summed E-state index contributed by atoms with van der Waals surface area (Å²) >= 11 is 1.43. The van der Waals surface area contributed by atoms with E-state index in [9.17, 15) is 4.79 Å². The number of tetrazole rings is 1. The number of amides is 1. The molecular weight excluding hydrogens is 334 g/mol. The second kappa shape index (κ2) is 7.56. The zero-order valence-electron chi connectivity index (χ0n) is 14.2. The van der Waals surface area contributed by atoms with Gasteiger partial charge >= 0.3 is 0 Å². The summed E-state index contributed by atoms with van der Waals surface area (Å²) in [6, 6.07) is 10.8. The van der Waals surface area contributed by atoms with Gasteiger partial charge in [-0.05, 0) is 47.6 Å². The van der Waals surface area contributed by atoms with Crippen LogP contribution in [-0.2, 0) is 4.79 Å². The summed E-state index contributed by atoms with van der Waals surface area (Å²) in [6.07, 6.45) is 7.09. The third-order valence-corrected chi connectivity index (χ3v) is 5.97. The minimum Gasteiger partial charge on any atom is -0.348 e. The fourth-order valence-electron chi connectivity index (χ4n) is 3.57. The standard InChI is InChI=1S/C18H23N5OS/c24-16(19-17(14-10-11-14)13-6-2-1-3-7-13)12-25-18-20-21-22-23(18)15-8-4-5-9-15/h1-3,6-7,14-15,17H,4-5,8-12H2,(H,19,24). The number of hydrogen-bond donors (Lipinski definition) is 1. The Morgan fingerprint density at radius 1 is 1.20 bits per heavy atom. The predicted octanol–water partition coefficient (Wildman–Crippen LogP) is 3.15. The molecule has 6 nitrogen and oxygen atoms in total. The molecule has 1 aromatic heterocycles. The highest BCUT2D eigenvalue weighted by Crippen LogP contribution is 2.41. The van der Waals surface area contributed by atoms with Crippen LogP contribution in [0.15, 0.2) is 35.5 Å². The van der Waals surface area contributed by atoms with Crippen molar-refractivity contribution in [3.8, 4) is 0 Å². The van der Waals surface area contributed by atoms with Gasteiger partial charge in [0.2, 0.25) is 11.1 Å². The number of thioether (sulfide) groups is 1. The zero-order chi connectivity index (χ0) is 17.1. The second-order valence-corrected chi connectivity index (χ2v) is 7.87. The Balaban J connectivity index is 1.35. The Labute approximate surface area is 151 Å². The summed E-state index contributed by atoms with van der Waals surface area (Å²) in [4.78, 5) is 12.5. The Hall–Kier alpha value is -1.89. The second-order valence-electron chi connectivity index (χ2n) is 6.93. The topological polar surface area (TPSA) is 72.7 Å². The average molecular weight is 357 g/mol. The fraction of sp³-hybridized carbons (Fsp3) is 0.556. The molecule has 2 aromatic rings. The molecule has 0 saturated heterocycles. The molecular formula is C18H23N5OS. The summed E-state index contributed by atoms with van der Waals surface area (Å²) in [6.45, 7) is 0. The quantitative estimate of drug-likeness (QED) is 0.771. The smallest absolute Gasteiger partial charge is 0.230 e. The van der Waals surface area contributed by atoms with Crippen LogP contribution in [0.3, 0.4) is 0 Å². The van der Waals surface area contributed by atoms with Gasteiger partial charge in [-0.1, -0.05) is 54.9 Å². The van der Waals surface area contributed by atoms with Gasteiger partial charge < -0.3 is 5.32 Å². The van der Waals surface area contributed by atoms with Gasteiger partial charge in [0, 0.05) is 0 Å². The molecule has 1 heterocycles. The monoisotopic (exact) mass is 357 g/mol. The molecule has 1 amide bonds. The summed E-state index contributed by atoms with van der Waals surface area (Å²) in [5.41, 5.74) is 1.19. The number of carbonyl (C=O) groups is 1. The van der Waals surface area contributed by atoms with E-state index in [4.69, 9.17) is 0 Å². The van der Waals surface area contributed by atoms with Crippen molar-refractivity contribution in [3.63, 3.8) is 0 Å². The maximum absolute atomic E-state index is 12.5. The molecule has 2 aliphatic rings. The van der Waals surface area contributed by atoms with Crippen LogP contribution < -0.4 is 5.32 Å². The Morgan fingerprint density at radius 3 is 2.68 bits per heavy atom. The number of carbonyl (C=O) groups excluding carboxylic acids is 1. The average Bonchev–Trinajstić information content (AvgIpc) is 3.14. The highest BCUT2D eigenvalue weighted by atomic mass is 32.2. The van der Waals surface area contributed by atoms with Gasteiger partial charge in [0.15, 0.2) is 0 Å². The van der Waals surface area contributed by atoms with Crippen molar-refractivity contribution in [1.29, 1.82) is 0 Å². The SMILES string of the molecule is O=C(CSc1nnnn1C1CCCC1)NC(c1ccccc1)C1CC1. The van der Waals surface area contributed by atoms with Gasteiger partial charge in [-0.3, -0.25) is 4.79 Å². The summed E-state index contributed by atoms with van der Waals surface area (Å²) in [5, 5.41) is 16.0. The lowest BCUT2D eigenvalue weighted by Crippen LogP contribution is -2.31. The molecule has 7 heteroatoms. The maximum atomic E-state index is 12.5. The Bertz CT molecular complexity index is 709. The molecule has 1 atom stereocenters. The first-order chi connectivity index (χ1) is 12.3. The van der Waals surface area contributed by atoms with Crippen molar-refractivity contribution in [2.24, 2.45) is 5.92 Å². The van der Waals surface area contributed by atoms with Gasteiger partial charge in [-0.15, -0.1) is 5.10 Å². The van der Waals surface area contributed by atoms with Gasteiger partial charge in [0.05, 0.1) is 17.8 Å². The van der Waals surface area contributed by atoms with Crippen LogP contribution >= 0.6 is 11.8 Å². The van der Waals surface area contributed by atoms with Crippen molar-refractivity contribution in [2.45, 2.75) is 55.8 Å². The molecule has 1 aromatic carbocycles. The van der Waals surface area contributed by atoms with Crippen molar-refractivity contribution in [1.82, 2.24) is 25.5 Å². The predicted molar refractivity (Wildman–Crippen MR) is 96.1 cm³/mol. The zero-order valence-corrected chi connectivity index (χ0v) is 15.0. The number of rotatable bonds is 7. The molecule has 0 aliphatic heterocycles. The van der Waals surface area contributed by atoms with Crippen molar-refractivity contribution in [2.75, 3.05) is 5.75 Å². The van der Waals surface area contributed by atoms with Gasteiger partial charge in [0.1, 0.15) is 0 Å². The third-order valence-electron chi connectivity index (χ3n) is 5.03. The van der Waals surface area contributed by atoms with E-state index < -0.39 is 0 Å². The van der Waals surface area contributed by atoms with Crippen LogP contribution in [0.25, 0.3) is 0 Å². The van der Waals surface area contributed by atoms with Crippen LogP contribution in [0.4, 0.5) is 0 Å². The molecule has 4 rings (SSSR count). The minimum atomic E-state index is 0.0479. The molecule has 2 aliphatic carbocycles. The number of benzene rings is 1. The molecule has 1 N–H and O–H groups in total. The molecule has 0 spiro atoms. The molecule has 0 bridgehead atoms. The van der Waals surface area contributed by atoms with Crippen LogP contribution in [-0.4, -0.2) is 31.9 Å². The van der Waals surface area contributed by atoms with Crippen LogP contribution in [0.2, 0.25) is 0 Å². The van der Waals surface area contributed by atoms with Crippen LogP contribution in [0.1, 0.15) is 56.2 Å². The van der Waals surface area contributed by atoms with Crippen molar-refractivity contribution >= 4 is 17.7 Å². The van der Waals surface area contributed by atoms with E-state index in [2.05, 4.69) is 33.0 Å². The number of nitrogens with zero attached hydrogens (tertiary/aromatic N) is 4. The van der Waals surface area contributed by atoms with Crippen molar-refractivity contribution < 1.29 is 4.79 Å². The lowest BCUT2D eigenvalue weighted by atomic mass is 10.0. The number of nitrogens with one attached hydrogen (secondary N) is 1. The van der Waals surface area contributed by atoms with E-state index in [0.717, 1.165) is 18.0 Å². The molecule has 0 radical (unpaired) electrons. The number of aromatic nitrogens is 4. The third kappa shape index (κ3) is 4.03. The summed E-state index contributed by atoms with van der Waals surface area (Å²) in [5.74, 6) is 0.968. The molecule has 2 saturated carbocycles. The highest BCUT2D eigenvalue weighted by molar-refractivity contribution is 7.99. The van der Waals surface area contributed by atoms with E-state index in [1.54, 1.807) is 0 Å².